The summed E-state index contributed by atoms with van der Waals surface area (Å²) in [5, 5.41) is 3.55. The molecule has 1 saturated heterocycles. The zero-order valence-electron chi connectivity index (χ0n) is 13.3. The summed E-state index contributed by atoms with van der Waals surface area (Å²) in [5.74, 6) is 0. The number of piperazine rings is 1. The van der Waals surface area contributed by atoms with Crippen LogP contribution in [-0.2, 0) is 16.3 Å². The highest BCUT2D eigenvalue weighted by Gasteiger charge is 2.20. The van der Waals surface area contributed by atoms with Crippen LogP contribution in [0.2, 0.25) is 0 Å². The fourth-order valence-corrected chi connectivity index (χ4v) is 3.67. The Morgan fingerprint density at radius 3 is 2.65 bits per heavy atom. The Labute approximate surface area is 138 Å². The van der Waals surface area contributed by atoms with E-state index in [9.17, 15) is 8.42 Å². The molecule has 1 atom stereocenters. The van der Waals surface area contributed by atoms with Gasteiger partial charge in [-0.05, 0) is 30.2 Å². The van der Waals surface area contributed by atoms with Gasteiger partial charge in [-0.3, -0.25) is 0 Å². The lowest BCUT2D eigenvalue weighted by molar-refractivity contribution is 0.454. The minimum Gasteiger partial charge on any atom is -0.369 e. The van der Waals surface area contributed by atoms with Crippen molar-refractivity contribution < 1.29 is 8.42 Å². The molecule has 23 heavy (non-hydrogen) atoms. The van der Waals surface area contributed by atoms with Crippen molar-refractivity contribution in [3.05, 3.63) is 60.2 Å². The Morgan fingerprint density at radius 2 is 1.91 bits per heavy atom. The van der Waals surface area contributed by atoms with E-state index in [-0.39, 0.29) is 0 Å². The summed E-state index contributed by atoms with van der Waals surface area (Å²) in [6.45, 7) is 2.67. The van der Waals surface area contributed by atoms with Crippen LogP contribution in [0.15, 0.2) is 59.5 Å². The molecule has 1 heterocycles. The molecule has 0 radical (unpaired) electrons. The first-order valence-electron chi connectivity index (χ1n) is 7.85. The van der Waals surface area contributed by atoms with Gasteiger partial charge in [0.1, 0.15) is 0 Å². The van der Waals surface area contributed by atoms with Crippen molar-refractivity contribution in [1.82, 2.24) is 5.32 Å². The largest absolute Gasteiger partial charge is 0.369 e. The Balaban J connectivity index is 1.74. The molecule has 2 aromatic rings. The smallest absolute Gasteiger partial charge is 0.175 e. The minimum atomic E-state index is -3.17. The van der Waals surface area contributed by atoms with Gasteiger partial charge in [0.15, 0.2) is 9.84 Å². The zero-order chi connectivity index (χ0) is 16.3. The number of nitrogens with zero attached hydrogens (tertiary/aromatic N) is 1. The number of hydrogen-bond donors (Lipinski definition) is 1. The van der Waals surface area contributed by atoms with Crippen LogP contribution in [0.4, 0.5) is 5.69 Å². The molecular weight excluding hydrogens is 308 g/mol. The number of rotatable bonds is 4. The average Bonchev–Trinajstić information content (AvgIpc) is 2.55. The van der Waals surface area contributed by atoms with Crippen molar-refractivity contribution in [2.45, 2.75) is 17.4 Å². The fourth-order valence-electron chi connectivity index (χ4n) is 3.01. The Kier molecular flexibility index (Phi) is 4.68. The molecule has 1 fully saturated rings. The van der Waals surface area contributed by atoms with Crippen LogP contribution in [0.25, 0.3) is 0 Å². The SMILES string of the molecule is CS(=O)(=O)c1cccc(N2CCN[C@@H](Cc3ccccc3)C2)c1. The normalized spacial score (nSPS) is 18.8. The van der Waals surface area contributed by atoms with Crippen molar-refractivity contribution >= 4 is 15.5 Å². The first-order chi connectivity index (χ1) is 11.0. The second-order valence-electron chi connectivity index (χ2n) is 6.06. The Hall–Kier alpha value is -1.85. The van der Waals surface area contributed by atoms with Gasteiger partial charge >= 0.3 is 0 Å². The first-order valence-corrected chi connectivity index (χ1v) is 9.74. The maximum absolute atomic E-state index is 11.7. The van der Waals surface area contributed by atoms with E-state index in [1.807, 2.05) is 18.2 Å². The van der Waals surface area contributed by atoms with E-state index >= 15 is 0 Å². The predicted molar refractivity (Wildman–Crippen MR) is 93.7 cm³/mol. The highest BCUT2D eigenvalue weighted by Crippen LogP contribution is 2.21. The van der Waals surface area contributed by atoms with Crippen LogP contribution < -0.4 is 10.2 Å². The molecule has 0 spiro atoms. The van der Waals surface area contributed by atoms with E-state index in [2.05, 4.69) is 34.5 Å². The first kappa shape index (κ1) is 16.0. The molecule has 4 nitrogen and oxygen atoms in total. The topological polar surface area (TPSA) is 49.4 Å². The summed E-state index contributed by atoms with van der Waals surface area (Å²) in [7, 11) is -3.17. The Bertz CT molecular complexity index is 760. The molecule has 3 rings (SSSR count). The van der Waals surface area contributed by atoms with Crippen LogP contribution >= 0.6 is 0 Å². The molecule has 0 aliphatic carbocycles. The summed E-state index contributed by atoms with van der Waals surface area (Å²) in [5.41, 5.74) is 2.30. The van der Waals surface area contributed by atoms with E-state index in [0.29, 0.717) is 10.9 Å². The third kappa shape index (κ3) is 4.12. The minimum absolute atomic E-state index is 0.369. The van der Waals surface area contributed by atoms with Crippen molar-refractivity contribution in [3.8, 4) is 0 Å². The van der Waals surface area contributed by atoms with Gasteiger partial charge in [-0.1, -0.05) is 36.4 Å². The van der Waals surface area contributed by atoms with E-state index in [1.165, 1.54) is 11.8 Å². The third-order valence-electron chi connectivity index (χ3n) is 4.19. The lowest BCUT2D eigenvalue weighted by Crippen LogP contribution is -2.51. The summed E-state index contributed by atoms with van der Waals surface area (Å²) >= 11 is 0. The lowest BCUT2D eigenvalue weighted by Gasteiger charge is -2.35. The van der Waals surface area contributed by atoms with Crippen LogP contribution in [0, 0.1) is 0 Å². The summed E-state index contributed by atoms with van der Waals surface area (Å²) in [4.78, 5) is 2.65. The molecule has 1 N–H and O–H groups in total. The van der Waals surface area contributed by atoms with E-state index in [1.54, 1.807) is 12.1 Å². The lowest BCUT2D eigenvalue weighted by atomic mass is 10.0. The van der Waals surface area contributed by atoms with Gasteiger partial charge in [0.25, 0.3) is 0 Å². The quantitative estimate of drug-likeness (QED) is 0.933. The third-order valence-corrected chi connectivity index (χ3v) is 5.30. The molecule has 0 saturated carbocycles. The zero-order valence-corrected chi connectivity index (χ0v) is 14.1. The predicted octanol–water partition coefficient (Wildman–Crippen LogP) is 2.11. The molecule has 0 bridgehead atoms. The van der Waals surface area contributed by atoms with Gasteiger partial charge in [0, 0.05) is 37.6 Å². The van der Waals surface area contributed by atoms with Crippen molar-refractivity contribution in [2.75, 3.05) is 30.8 Å². The molecular formula is C18H22N2O2S. The highest BCUT2D eigenvalue weighted by molar-refractivity contribution is 7.90. The van der Waals surface area contributed by atoms with Gasteiger partial charge < -0.3 is 10.2 Å². The van der Waals surface area contributed by atoms with Crippen LogP contribution in [0.3, 0.4) is 0 Å². The number of nitrogens with one attached hydrogen (secondary N) is 1. The molecule has 1 aliphatic heterocycles. The van der Waals surface area contributed by atoms with Gasteiger partial charge in [0.05, 0.1) is 4.90 Å². The second-order valence-corrected chi connectivity index (χ2v) is 8.07. The summed E-state index contributed by atoms with van der Waals surface area (Å²) in [6, 6.07) is 18.0. The number of benzene rings is 2. The van der Waals surface area contributed by atoms with Crippen LogP contribution in [-0.4, -0.2) is 40.3 Å². The van der Waals surface area contributed by atoms with Crippen LogP contribution in [0.1, 0.15) is 5.56 Å². The van der Waals surface area contributed by atoms with Gasteiger partial charge in [-0.2, -0.15) is 0 Å². The maximum atomic E-state index is 11.7. The van der Waals surface area contributed by atoms with E-state index in [0.717, 1.165) is 31.7 Å². The monoisotopic (exact) mass is 330 g/mol. The van der Waals surface area contributed by atoms with Gasteiger partial charge in [-0.15, -0.1) is 0 Å². The van der Waals surface area contributed by atoms with Crippen molar-refractivity contribution in [2.24, 2.45) is 0 Å². The van der Waals surface area contributed by atoms with Gasteiger partial charge in [-0.25, -0.2) is 8.42 Å². The number of hydrogen-bond acceptors (Lipinski definition) is 4. The Morgan fingerprint density at radius 1 is 1.13 bits per heavy atom. The van der Waals surface area contributed by atoms with E-state index < -0.39 is 9.84 Å². The van der Waals surface area contributed by atoms with Crippen molar-refractivity contribution in [1.29, 1.82) is 0 Å². The van der Waals surface area contributed by atoms with E-state index in [4.69, 9.17) is 0 Å². The standard InChI is InChI=1S/C18H22N2O2S/c1-23(21,22)18-9-5-8-17(13-18)20-11-10-19-16(14-20)12-15-6-3-2-4-7-15/h2-9,13,16,19H,10-12,14H2,1H3/t16-/m0/s1. The molecule has 0 unspecified atom stereocenters. The molecule has 122 valence electrons. The maximum Gasteiger partial charge on any atom is 0.175 e. The van der Waals surface area contributed by atoms with Crippen molar-refractivity contribution in [3.63, 3.8) is 0 Å². The summed E-state index contributed by atoms with van der Waals surface area (Å²) in [6.07, 6.45) is 2.23. The average molecular weight is 330 g/mol. The molecule has 0 aromatic heterocycles. The van der Waals surface area contributed by atoms with Crippen LogP contribution in [0.5, 0.6) is 0 Å². The fraction of sp³-hybridized carbons (Fsp3) is 0.333. The molecule has 2 aromatic carbocycles. The summed E-state index contributed by atoms with van der Waals surface area (Å²) < 4.78 is 23.5. The van der Waals surface area contributed by atoms with Gasteiger partial charge in [0.2, 0.25) is 0 Å². The number of sulfone groups is 1. The highest BCUT2D eigenvalue weighted by atomic mass is 32.2. The number of anilines is 1. The molecule has 5 heteroatoms. The molecule has 0 amide bonds. The molecule has 1 aliphatic rings. The second kappa shape index (κ2) is 6.72.